The van der Waals surface area contributed by atoms with E-state index in [0.717, 1.165) is 19.3 Å². The van der Waals surface area contributed by atoms with Crippen molar-refractivity contribution >= 4 is 27.5 Å². The van der Waals surface area contributed by atoms with Gasteiger partial charge >= 0.3 is 0 Å². The topological polar surface area (TPSA) is 87.6 Å². The van der Waals surface area contributed by atoms with Crippen molar-refractivity contribution in [1.29, 1.82) is 0 Å². The number of anilines is 1. The molecule has 0 fully saturated rings. The van der Waals surface area contributed by atoms with Crippen molar-refractivity contribution in [3.8, 4) is 0 Å². The Hall–Kier alpha value is -2.41. The van der Waals surface area contributed by atoms with Crippen LogP contribution in [0.25, 0.3) is 0 Å². The van der Waals surface area contributed by atoms with Gasteiger partial charge in [-0.3, -0.25) is 14.5 Å². The summed E-state index contributed by atoms with van der Waals surface area (Å²) in [5.41, 5.74) is 0.417. The average molecular weight is 361 g/mol. The highest BCUT2D eigenvalue weighted by atomic mass is 32.2. The number of benzene rings is 1. The van der Waals surface area contributed by atoms with Gasteiger partial charge in [0, 0.05) is 24.7 Å². The van der Waals surface area contributed by atoms with Crippen LogP contribution in [0.1, 0.15) is 32.6 Å². The number of rotatable bonds is 5. The number of carbonyl (C=O) groups excluding carboxylic acids is 1. The van der Waals surface area contributed by atoms with Crippen molar-refractivity contribution < 1.29 is 13.2 Å². The van der Waals surface area contributed by atoms with Gasteiger partial charge in [-0.05, 0) is 38.0 Å². The second-order valence-corrected chi connectivity index (χ2v) is 7.33. The molecule has 0 radical (unpaired) electrons. The van der Waals surface area contributed by atoms with Crippen LogP contribution in [-0.4, -0.2) is 26.7 Å². The Morgan fingerprint density at radius 1 is 1.20 bits per heavy atom. The van der Waals surface area contributed by atoms with Crippen LogP contribution in [0.3, 0.4) is 0 Å². The Morgan fingerprint density at radius 3 is 2.84 bits per heavy atom. The van der Waals surface area contributed by atoms with Gasteiger partial charge in [-0.25, -0.2) is 8.42 Å². The maximum Gasteiger partial charge on any atom is 0.262 e. The normalized spacial score (nSPS) is 15.8. The number of aliphatic imine (C=N–C) groups is 1. The first-order chi connectivity index (χ1) is 12.0. The summed E-state index contributed by atoms with van der Waals surface area (Å²) in [7, 11) is -3.72. The van der Waals surface area contributed by atoms with Gasteiger partial charge < -0.3 is 5.32 Å². The van der Waals surface area contributed by atoms with E-state index in [2.05, 4.69) is 15.0 Å². The third-order valence-electron chi connectivity index (χ3n) is 3.59. The summed E-state index contributed by atoms with van der Waals surface area (Å²) in [5, 5.41) is 2.64. The molecular formula is C18H23N3O3S. The maximum atomic E-state index is 12.5. The zero-order valence-electron chi connectivity index (χ0n) is 14.2. The zero-order chi connectivity index (χ0) is 18.1. The van der Waals surface area contributed by atoms with Gasteiger partial charge in [0.05, 0.1) is 4.90 Å². The van der Waals surface area contributed by atoms with E-state index in [1.807, 2.05) is 6.92 Å². The lowest BCUT2D eigenvalue weighted by Crippen LogP contribution is -2.30. The van der Waals surface area contributed by atoms with E-state index >= 15 is 0 Å². The van der Waals surface area contributed by atoms with Crippen LogP contribution in [0.2, 0.25) is 0 Å². The molecule has 1 aliphatic rings. The van der Waals surface area contributed by atoms with Gasteiger partial charge in [-0.1, -0.05) is 30.7 Å². The largest absolute Gasteiger partial charge is 0.322 e. The molecule has 0 bridgehead atoms. The Bertz CT molecular complexity index is 796. The van der Waals surface area contributed by atoms with E-state index in [-0.39, 0.29) is 10.8 Å². The predicted molar refractivity (Wildman–Crippen MR) is 100 cm³/mol. The number of hydrogen-bond donors (Lipinski definition) is 2. The fraction of sp³-hybridized carbons (Fsp3) is 0.333. The monoisotopic (exact) mass is 361 g/mol. The van der Waals surface area contributed by atoms with Crippen LogP contribution >= 0.6 is 0 Å². The highest BCUT2D eigenvalue weighted by molar-refractivity contribution is 7.90. The first-order valence-corrected chi connectivity index (χ1v) is 9.76. The molecule has 25 heavy (non-hydrogen) atoms. The van der Waals surface area contributed by atoms with Crippen LogP contribution in [0.5, 0.6) is 0 Å². The number of amidine groups is 1. The van der Waals surface area contributed by atoms with E-state index in [9.17, 15) is 13.2 Å². The molecule has 1 amide bonds. The van der Waals surface area contributed by atoms with Gasteiger partial charge in [0.15, 0.2) is 0 Å². The number of allylic oxidation sites excluding steroid dienone is 3. The molecule has 0 aromatic heterocycles. The SMILES string of the molecule is CC=CC=CC(=O)Nc1cccc(S(=O)(=O)NC2=NCCCCC2)c1. The molecule has 0 spiro atoms. The summed E-state index contributed by atoms with van der Waals surface area (Å²) in [5.74, 6) is 0.176. The van der Waals surface area contributed by atoms with Gasteiger partial charge in [-0.15, -0.1) is 0 Å². The molecule has 0 aliphatic carbocycles. The van der Waals surface area contributed by atoms with Crippen LogP contribution < -0.4 is 10.0 Å². The van der Waals surface area contributed by atoms with E-state index < -0.39 is 10.0 Å². The second kappa shape index (κ2) is 9.17. The van der Waals surface area contributed by atoms with Crippen molar-refractivity contribution in [2.75, 3.05) is 11.9 Å². The average Bonchev–Trinajstić information content (AvgIpc) is 2.83. The van der Waals surface area contributed by atoms with Crippen molar-refractivity contribution in [2.45, 2.75) is 37.5 Å². The van der Waals surface area contributed by atoms with Crippen LogP contribution in [-0.2, 0) is 14.8 Å². The first-order valence-electron chi connectivity index (χ1n) is 8.28. The van der Waals surface area contributed by atoms with Crippen LogP contribution in [0.4, 0.5) is 5.69 Å². The highest BCUT2D eigenvalue weighted by Gasteiger charge is 2.17. The lowest BCUT2D eigenvalue weighted by atomic mass is 10.2. The number of amides is 1. The second-order valence-electron chi connectivity index (χ2n) is 5.65. The van der Waals surface area contributed by atoms with Crippen molar-refractivity contribution in [3.05, 3.63) is 48.6 Å². The van der Waals surface area contributed by atoms with Gasteiger partial charge in [0.25, 0.3) is 10.0 Å². The summed E-state index contributed by atoms with van der Waals surface area (Å²) in [4.78, 5) is 16.2. The maximum absolute atomic E-state index is 12.5. The summed E-state index contributed by atoms with van der Waals surface area (Å²) < 4.78 is 27.6. The number of hydrogen-bond acceptors (Lipinski definition) is 4. The first kappa shape index (κ1) is 18.9. The van der Waals surface area contributed by atoms with Crippen molar-refractivity contribution in [2.24, 2.45) is 4.99 Å². The molecule has 0 saturated carbocycles. The number of sulfonamides is 1. The molecule has 1 aromatic rings. The molecular weight excluding hydrogens is 338 g/mol. The predicted octanol–water partition coefficient (Wildman–Crippen LogP) is 3.01. The van der Waals surface area contributed by atoms with Gasteiger partial charge in [0.2, 0.25) is 5.91 Å². The minimum absolute atomic E-state index is 0.0923. The van der Waals surface area contributed by atoms with E-state index in [4.69, 9.17) is 0 Å². The molecule has 0 atom stereocenters. The van der Waals surface area contributed by atoms with Gasteiger partial charge in [-0.2, -0.15) is 0 Å². The molecule has 7 heteroatoms. The van der Waals surface area contributed by atoms with E-state index in [0.29, 0.717) is 24.5 Å². The third-order valence-corrected chi connectivity index (χ3v) is 4.97. The molecule has 6 nitrogen and oxygen atoms in total. The lowest BCUT2D eigenvalue weighted by Gasteiger charge is -2.11. The fourth-order valence-corrected chi connectivity index (χ4v) is 3.48. The van der Waals surface area contributed by atoms with Crippen molar-refractivity contribution in [3.63, 3.8) is 0 Å². The third kappa shape index (κ3) is 6.19. The number of carbonyl (C=O) groups is 1. The molecule has 1 aromatic carbocycles. The molecule has 134 valence electrons. The minimum atomic E-state index is -3.72. The van der Waals surface area contributed by atoms with Crippen LogP contribution in [0.15, 0.2) is 58.5 Å². The molecule has 1 aliphatic heterocycles. The quantitative estimate of drug-likeness (QED) is 0.624. The highest BCUT2D eigenvalue weighted by Crippen LogP contribution is 2.16. The summed E-state index contributed by atoms with van der Waals surface area (Å²) in [6.07, 6.45) is 10.1. The number of nitrogens with one attached hydrogen (secondary N) is 2. The molecule has 0 saturated heterocycles. The Labute approximate surface area is 148 Å². The smallest absolute Gasteiger partial charge is 0.262 e. The van der Waals surface area contributed by atoms with Gasteiger partial charge in [0.1, 0.15) is 5.84 Å². The standard InChI is InChI=1S/C18H23N3O3S/c1-2-3-5-12-18(22)20-15-9-8-10-16(14-15)25(23,24)21-17-11-6-4-7-13-19-17/h2-3,5,8-10,12,14H,4,6-7,11,13H2,1H3,(H,19,21)(H,20,22). The molecule has 0 unspecified atom stereocenters. The molecule has 1 heterocycles. The Balaban J connectivity index is 2.11. The summed E-state index contributed by atoms with van der Waals surface area (Å²) in [6.45, 7) is 2.49. The lowest BCUT2D eigenvalue weighted by molar-refractivity contribution is -0.111. The Morgan fingerprint density at radius 2 is 2.04 bits per heavy atom. The fourth-order valence-electron chi connectivity index (χ4n) is 2.35. The van der Waals surface area contributed by atoms with Crippen LogP contribution in [0, 0.1) is 0 Å². The number of nitrogens with zero attached hydrogens (tertiary/aromatic N) is 1. The zero-order valence-corrected chi connectivity index (χ0v) is 15.1. The minimum Gasteiger partial charge on any atom is -0.322 e. The summed E-state index contributed by atoms with van der Waals surface area (Å²) >= 11 is 0. The van der Waals surface area contributed by atoms with E-state index in [1.54, 1.807) is 30.4 Å². The molecule has 2 N–H and O–H groups in total. The summed E-state index contributed by atoms with van der Waals surface area (Å²) in [6, 6.07) is 6.16. The Kier molecular flexibility index (Phi) is 6.94. The van der Waals surface area contributed by atoms with E-state index in [1.165, 1.54) is 18.2 Å². The van der Waals surface area contributed by atoms with Crippen molar-refractivity contribution in [1.82, 2.24) is 4.72 Å². The molecule has 2 rings (SSSR count).